The van der Waals surface area contributed by atoms with E-state index in [0.29, 0.717) is 40.5 Å². The van der Waals surface area contributed by atoms with Crippen LogP contribution in [0.2, 0.25) is 5.02 Å². The first kappa shape index (κ1) is 26.6. The number of likely N-dealkylation sites (N-methyl/N-ethyl adjacent to an activating group) is 1. The summed E-state index contributed by atoms with van der Waals surface area (Å²) in [5, 5.41) is 27.5. The minimum absolute atomic E-state index is 0.224. The smallest absolute Gasteiger partial charge is 0.227 e. The molecule has 2 aromatic heterocycles. The first-order valence-electron chi connectivity index (χ1n) is 13.2. The van der Waals surface area contributed by atoms with Gasteiger partial charge in [-0.3, -0.25) is 5.10 Å². The van der Waals surface area contributed by atoms with Crippen molar-refractivity contribution in [3.05, 3.63) is 52.4 Å². The average Bonchev–Trinajstić information content (AvgIpc) is 3.67. The Morgan fingerprint density at radius 2 is 1.87 bits per heavy atom. The minimum Gasteiger partial charge on any atom is -0.394 e. The van der Waals surface area contributed by atoms with Gasteiger partial charge >= 0.3 is 0 Å². The first-order chi connectivity index (χ1) is 18.5. The topological polar surface area (TPSA) is 117 Å². The Bertz CT molecular complexity index is 1200. The molecule has 1 aliphatic heterocycles. The third-order valence-electron chi connectivity index (χ3n) is 7.01. The number of hydrogen-bond donors (Lipinski definition) is 5. The van der Waals surface area contributed by atoms with Gasteiger partial charge in [0.25, 0.3) is 0 Å². The number of aliphatic hydroxyl groups is 1. The summed E-state index contributed by atoms with van der Waals surface area (Å²) in [6, 6.07) is 7.41. The molecule has 1 aliphatic carbocycles. The second-order valence-electron chi connectivity index (χ2n) is 10.0. The van der Waals surface area contributed by atoms with E-state index >= 15 is 0 Å². The summed E-state index contributed by atoms with van der Waals surface area (Å²) in [5.41, 5.74) is 1.81. The highest BCUT2D eigenvalue weighted by Gasteiger charge is 2.26. The maximum Gasteiger partial charge on any atom is 0.227 e. The summed E-state index contributed by atoms with van der Waals surface area (Å²) in [4.78, 5) is 14.0. The Kier molecular flexibility index (Phi) is 8.58. The number of aliphatic hydroxyl groups excluding tert-OH is 1. The maximum absolute atomic E-state index is 13.4. The zero-order valence-electron chi connectivity index (χ0n) is 21.6. The van der Waals surface area contributed by atoms with E-state index in [1.165, 1.54) is 12.1 Å². The van der Waals surface area contributed by atoms with Crippen LogP contribution in [0.5, 0.6) is 0 Å². The third-order valence-corrected chi connectivity index (χ3v) is 7.37. The summed E-state index contributed by atoms with van der Waals surface area (Å²) in [6.45, 7) is 5.79. The summed E-state index contributed by atoms with van der Waals surface area (Å²) in [5.74, 6) is 1.98. The zero-order valence-corrected chi connectivity index (χ0v) is 22.3. The van der Waals surface area contributed by atoms with Crippen LogP contribution >= 0.6 is 11.6 Å². The number of H-pyrrole nitrogens is 1. The number of benzene rings is 1. The monoisotopic (exact) mass is 543 g/mol. The standard InChI is InChI=1S/C26H35ClFN9O/c1-36-11-13-37(14-12-36)10-2-9-29-24-23(27)25(31-22-15-20(34-35-22)17-3-4-17)33-26(32-24)30-21(16-38)18-5-7-19(28)8-6-18/h5-8,15,17,21,38H,2-4,9-14,16H2,1H3,(H4,29,30,31,32,33,34,35)/t21-/m0/s1. The van der Waals surface area contributed by atoms with Gasteiger partial charge in [-0.1, -0.05) is 23.7 Å². The normalized spacial score (nSPS) is 17.4. The van der Waals surface area contributed by atoms with Crippen molar-refractivity contribution in [1.82, 2.24) is 30.0 Å². The lowest BCUT2D eigenvalue weighted by atomic mass is 10.1. The Labute approximate surface area is 227 Å². The lowest BCUT2D eigenvalue weighted by Gasteiger charge is -2.32. The predicted molar refractivity (Wildman–Crippen MR) is 148 cm³/mol. The molecule has 204 valence electrons. The van der Waals surface area contributed by atoms with Crippen LogP contribution in [0.1, 0.15) is 42.5 Å². The van der Waals surface area contributed by atoms with Crippen molar-refractivity contribution in [3.63, 3.8) is 0 Å². The molecule has 1 aromatic carbocycles. The minimum atomic E-state index is -0.526. The van der Waals surface area contributed by atoms with Gasteiger partial charge in [0, 0.05) is 50.4 Å². The highest BCUT2D eigenvalue weighted by atomic mass is 35.5. The number of nitrogens with zero attached hydrogens (tertiary/aromatic N) is 5. The second kappa shape index (κ2) is 12.2. The van der Waals surface area contributed by atoms with E-state index in [1.807, 2.05) is 6.07 Å². The van der Waals surface area contributed by atoms with E-state index in [-0.39, 0.29) is 18.4 Å². The van der Waals surface area contributed by atoms with Crippen LogP contribution in [0.15, 0.2) is 30.3 Å². The fourth-order valence-corrected chi connectivity index (χ4v) is 4.70. The molecule has 1 atom stereocenters. The van der Waals surface area contributed by atoms with Crippen LogP contribution in [0.4, 0.5) is 27.8 Å². The van der Waals surface area contributed by atoms with Crippen molar-refractivity contribution >= 4 is 35.0 Å². The molecule has 3 aromatic rings. The number of piperazine rings is 1. The zero-order chi connectivity index (χ0) is 26.5. The van der Waals surface area contributed by atoms with Crippen molar-refractivity contribution < 1.29 is 9.50 Å². The quantitative estimate of drug-likeness (QED) is 0.217. The molecule has 0 bridgehead atoms. The lowest BCUT2D eigenvalue weighted by Crippen LogP contribution is -2.44. The molecule has 38 heavy (non-hydrogen) atoms. The molecule has 0 unspecified atom stereocenters. The molecule has 10 nitrogen and oxygen atoms in total. The van der Waals surface area contributed by atoms with Crippen LogP contribution in [0.25, 0.3) is 0 Å². The number of hydrogen-bond acceptors (Lipinski definition) is 9. The number of aromatic amines is 1. The molecule has 5 N–H and O–H groups in total. The van der Waals surface area contributed by atoms with Gasteiger partial charge < -0.3 is 30.9 Å². The molecule has 0 radical (unpaired) electrons. The van der Waals surface area contributed by atoms with Gasteiger partial charge in [-0.25, -0.2) is 4.39 Å². The molecule has 5 rings (SSSR count). The molecule has 0 amide bonds. The van der Waals surface area contributed by atoms with Crippen LogP contribution in [0.3, 0.4) is 0 Å². The predicted octanol–water partition coefficient (Wildman–Crippen LogP) is 3.81. The van der Waals surface area contributed by atoms with Gasteiger partial charge in [-0.15, -0.1) is 0 Å². The highest BCUT2D eigenvalue weighted by molar-refractivity contribution is 6.35. The van der Waals surface area contributed by atoms with E-state index in [4.69, 9.17) is 11.6 Å². The Morgan fingerprint density at radius 1 is 1.13 bits per heavy atom. The Morgan fingerprint density at radius 3 is 2.58 bits per heavy atom. The maximum atomic E-state index is 13.4. The SMILES string of the molecule is CN1CCN(CCCNc2nc(N[C@@H](CO)c3ccc(F)cc3)nc(Nc3cc(C4CC4)[nH]n3)c2Cl)CC1. The lowest BCUT2D eigenvalue weighted by molar-refractivity contribution is 0.154. The van der Waals surface area contributed by atoms with Crippen molar-refractivity contribution in [2.24, 2.45) is 0 Å². The van der Waals surface area contributed by atoms with Crippen LogP contribution in [-0.4, -0.2) is 88.0 Å². The largest absolute Gasteiger partial charge is 0.394 e. The van der Waals surface area contributed by atoms with Crippen molar-refractivity contribution in [2.75, 3.05) is 68.9 Å². The van der Waals surface area contributed by atoms with E-state index in [0.717, 1.165) is 57.7 Å². The fourth-order valence-electron chi connectivity index (χ4n) is 4.50. The van der Waals surface area contributed by atoms with Crippen molar-refractivity contribution in [1.29, 1.82) is 0 Å². The van der Waals surface area contributed by atoms with Gasteiger partial charge in [0.1, 0.15) is 10.8 Å². The molecule has 0 spiro atoms. The molecule has 1 saturated carbocycles. The third kappa shape index (κ3) is 6.90. The van der Waals surface area contributed by atoms with Gasteiger partial charge in [-0.05, 0) is 50.6 Å². The van der Waals surface area contributed by atoms with Crippen LogP contribution < -0.4 is 16.0 Å². The van der Waals surface area contributed by atoms with Gasteiger partial charge in [0.05, 0.1) is 12.6 Å². The van der Waals surface area contributed by atoms with E-state index in [9.17, 15) is 9.50 Å². The molecule has 12 heteroatoms. The van der Waals surface area contributed by atoms with Crippen molar-refractivity contribution in [3.8, 4) is 0 Å². The fraction of sp³-hybridized carbons (Fsp3) is 0.500. The summed E-state index contributed by atoms with van der Waals surface area (Å²) in [6.07, 6.45) is 3.27. The molecule has 2 aliphatic rings. The second-order valence-corrected chi connectivity index (χ2v) is 10.4. The van der Waals surface area contributed by atoms with E-state index in [2.05, 4.69) is 53.0 Å². The number of aromatic nitrogens is 4. The first-order valence-corrected chi connectivity index (χ1v) is 13.5. The highest BCUT2D eigenvalue weighted by Crippen LogP contribution is 2.40. The average molecular weight is 544 g/mol. The van der Waals surface area contributed by atoms with E-state index < -0.39 is 6.04 Å². The van der Waals surface area contributed by atoms with Gasteiger partial charge in [0.2, 0.25) is 5.95 Å². The molecular formula is C26H35ClFN9O. The van der Waals surface area contributed by atoms with Crippen molar-refractivity contribution in [2.45, 2.75) is 31.2 Å². The van der Waals surface area contributed by atoms with Crippen LogP contribution in [-0.2, 0) is 0 Å². The number of rotatable bonds is 12. The number of nitrogens with one attached hydrogen (secondary N) is 4. The molecular weight excluding hydrogens is 509 g/mol. The molecule has 1 saturated heterocycles. The van der Waals surface area contributed by atoms with Crippen LogP contribution in [0, 0.1) is 5.82 Å². The van der Waals surface area contributed by atoms with Gasteiger partial charge in [-0.2, -0.15) is 15.1 Å². The number of anilines is 4. The van der Waals surface area contributed by atoms with E-state index in [1.54, 1.807) is 12.1 Å². The molecule has 3 heterocycles. The summed E-state index contributed by atoms with van der Waals surface area (Å²) < 4.78 is 13.4. The summed E-state index contributed by atoms with van der Waals surface area (Å²) >= 11 is 6.74. The molecule has 2 fully saturated rings. The number of halogens is 2. The summed E-state index contributed by atoms with van der Waals surface area (Å²) in [7, 11) is 2.15. The Hall–Kier alpha value is -2.99. The van der Waals surface area contributed by atoms with Gasteiger partial charge in [0.15, 0.2) is 17.5 Å². The Balaban J connectivity index is 1.31.